The van der Waals surface area contributed by atoms with Crippen molar-refractivity contribution in [2.24, 2.45) is 0 Å². The maximum atomic E-state index is 13.6. The maximum Gasteiger partial charge on any atom is 0.250 e. The predicted octanol–water partition coefficient (Wildman–Crippen LogP) is 2.37. The molecule has 0 N–H and O–H groups in total. The van der Waals surface area contributed by atoms with E-state index in [4.69, 9.17) is 0 Å². The molecule has 0 saturated carbocycles. The van der Waals surface area contributed by atoms with E-state index in [1.807, 2.05) is 65.6 Å². The molecule has 1 spiro atoms. The first kappa shape index (κ1) is 22.8. The fourth-order valence-electron chi connectivity index (χ4n) is 4.81. The minimum Gasteiger partial charge on any atom is -0.347 e. The van der Waals surface area contributed by atoms with Crippen molar-refractivity contribution in [2.75, 3.05) is 45.3 Å². The summed E-state index contributed by atoms with van der Waals surface area (Å²) in [6.45, 7) is 1.53. The Morgan fingerprint density at radius 1 is 0.939 bits per heavy atom. The number of likely N-dealkylation sites (N-methyl/N-ethyl adjacent to an activating group) is 1. The van der Waals surface area contributed by atoms with Crippen LogP contribution in [0.25, 0.3) is 0 Å². The third-order valence-electron chi connectivity index (χ3n) is 6.82. The number of carbonyl (C=O) groups is 3. The van der Waals surface area contributed by atoms with Gasteiger partial charge in [-0.15, -0.1) is 0 Å². The highest BCUT2D eigenvalue weighted by Crippen LogP contribution is 2.39. The van der Waals surface area contributed by atoms with Crippen LogP contribution in [0.2, 0.25) is 0 Å². The van der Waals surface area contributed by atoms with E-state index in [9.17, 15) is 14.4 Å². The van der Waals surface area contributed by atoms with Crippen LogP contribution in [0.1, 0.15) is 24.8 Å². The van der Waals surface area contributed by atoms with Gasteiger partial charge in [0.1, 0.15) is 12.1 Å². The van der Waals surface area contributed by atoms with Crippen molar-refractivity contribution >= 4 is 23.4 Å². The second-order valence-corrected chi connectivity index (χ2v) is 9.09. The van der Waals surface area contributed by atoms with E-state index in [0.29, 0.717) is 39.0 Å². The third-order valence-corrected chi connectivity index (χ3v) is 6.82. The number of rotatable bonds is 6. The quantitative estimate of drug-likeness (QED) is 0.681. The van der Waals surface area contributed by atoms with E-state index < -0.39 is 5.54 Å². The Bertz CT molecular complexity index is 985. The van der Waals surface area contributed by atoms with Crippen molar-refractivity contribution in [3.05, 3.63) is 66.2 Å². The molecule has 0 atom stereocenters. The number of nitrogens with zero attached hydrogens (tertiary/aromatic N) is 4. The number of para-hydroxylation sites is 1. The number of carbonyl (C=O) groups excluding carboxylic acids is 3. The molecule has 2 aliphatic heterocycles. The number of benzene rings is 2. The van der Waals surface area contributed by atoms with Gasteiger partial charge in [0.2, 0.25) is 11.8 Å². The Morgan fingerprint density at radius 3 is 2.15 bits per heavy atom. The fraction of sp³-hybridized carbons (Fsp3) is 0.423. The lowest BCUT2D eigenvalue weighted by molar-refractivity contribution is -0.141. The smallest absolute Gasteiger partial charge is 0.250 e. The number of likely N-dealkylation sites (tertiary alicyclic amines) is 1. The summed E-state index contributed by atoms with van der Waals surface area (Å²) >= 11 is 0. The maximum absolute atomic E-state index is 13.6. The lowest BCUT2D eigenvalue weighted by Crippen LogP contribution is -2.57. The van der Waals surface area contributed by atoms with E-state index in [1.54, 1.807) is 19.0 Å². The standard InChI is InChI=1S/C26H32N4O3/c1-27(2)24(32)19-29-20-30(22-11-7-4-8-12-22)26(25(29)33)15-17-28(18-16-26)23(31)14-13-21-9-5-3-6-10-21/h3-12H,13-20H2,1-2H3. The predicted molar refractivity (Wildman–Crippen MR) is 128 cm³/mol. The van der Waals surface area contributed by atoms with Crippen molar-refractivity contribution < 1.29 is 14.4 Å². The second kappa shape index (κ2) is 9.65. The summed E-state index contributed by atoms with van der Waals surface area (Å²) < 4.78 is 0. The average Bonchev–Trinajstić information content (AvgIpc) is 3.10. The van der Waals surface area contributed by atoms with Crippen LogP contribution in [0.15, 0.2) is 60.7 Å². The average molecular weight is 449 g/mol. The lowest BCUT2D eigenvalue weighted by atomic mass is 9.85. The Kier molecular flexibility index (Phi) is 6.67. The largest absolute Gasteiger partial charge is 0.347 e. The fourth-order valence-corrected chi connectivity index (χ4v) is 4.81. The van der Waals surface area contributed by atoms with Gasteiger partial charge in [0.15, 0.2) is 0 Å². The third kappa shape index (κ3) is 4.72. The van der Waals surface area contributed by atoms with Crippen LogP contribution in [0, 0.1) is 0 Å². The molecule has 0 unspecified atom stereocenters. The molecule has 4 rings (SSSR count). The molecule has 0 bridgehead atoms. The number of amides is 3. The topological polar surface area (TPSA) is 64.2 Å². The van der Waals surface area contributed by atoms with Gasteiger partial charge >= 0.3 is 0 Å². The summed E-state index contributed by atoms with van der Waals surface area (Å²) in [6, 6.07) is 19.9. The minimum atomic E-state index is -0.718. The van der Waals surface area contributed by atoms with Gasteiger partial charge in [0.25, 0.3) is 5.91 Å². The van der Waals surface area contributed by atoms with Gasteiger partial charge in [-0.1, -0.05) is 48.5 Å². The first-order chi connectivity index (χ1) is 15.9. The monoisotopic (exact) mass is 448 g/mol. The zero-order valence-electron chi connectivity index (χ0n) is 19.4. The lowest BCUT2D eigenvalue weighted by Gasteiger charge is -2.43. The first-order valence-electron chi connectivity index (χ1n) is 11.5. The van der Waals surface area contributed by atoms with Crippen LogP contribution < -0.4 is 4.90 Å². The summed E-state index contributed by atoms with van der Waals surface area (Å²) in [5.41, 5.74) is 1.40. The molecule has 2 aromatic carbocycles. The Morgan fingerprint density at radius 2 is 1.55 bits per heavy atom. The first-order valence-corrected chi connectivity index (χ1v) is 11.5. The van der Waals surface area contributed by atoms with E-state index in [1.165, 1.54) is 4.90 Å². The summed E-state index contributed by atoms with van der Waals surface area (Å²) in [7, 11) is 3.40. The molecule has 2 fully saturated rings. The number of hydrogen-bond acceptors (Lipinski definition) is 4. The van der Waals surface area contributed by atoms with Crippen LogP contribution in [0.3, 0.4) is 0 Å². The summed E-state index contributed by atoms with van der Waals surface area (Å²) in [5, 5.41) is 0. The molecular formula is C26H32N4O3. The van der Waals surface area contributed by atoms with E-state index in [0.717, 1.165) is 17.7 Å². The summed E-state index contributed by atoms with van der Waals surface area (Å²) in [6.07, 6.45) is 2.31. The van der Waals surface area contributed by atoms with Crippen molar-refractivity contribution in [2.45, 2.75) is 31.2 Å². The van der Waals surface area contributed by atoms with Gasteiger partial charge in [-0.25, -0.2) is 0 Å². The molecule has 2 aromatic rings. The molecule has 3 amide bonds. The normalized spacial score (nSPS) is 17.5. The zero-order chi connectivity index (χ0) is 23.4. The highest BCUT2D eigenvalue weighted by Gasteiger charge is 2.54. The second-order valence-electron chi connectivity index (χ2n) is 9.09. The molecule has 7 heteroatoms. The molecule has 0 aromatic heterocycles. The van der Waals surface area contributed by atoms with Gasteiger partial charge in [0, 0.05) is 39.3 Å². The van der Waals surface area contributed by atoms with Gasteiger partial charge < -0.3 is 19.6 Å². The van der Waals surface area contributed by atoms with E-state index in [-0.39, 0.29) is 24.3 Å². The highest BCUT2D eigenvalue weighted by atomic mass is 16.2. The van der Waals surface area contributed by atoms with Crippen LogP contribution >= 0.6 is 0 Å². The van der Waals surface area contributed by atoms with Crippen LogP contribution in [-0.2, 0) is 20.8 Å². The molecule has 174 valence electrons. The molecular weight excluding hydrogens is 416 g/mol. The SMILES string of the molecule is CN(C)C(=O)CN1CN(c2ccccc2)C2(CCN(C(=O)CCc3ccccc3)CC2)C1=O. The zero-order valence-corrected chi connectivity index (χ0v) is 19.4. The number of aryl methyl sites for hydroxylation is 1. The van der Waals surface area contributed by atoms with Gasteiger partial charge in [-0.3, -0.25) is 14.4 Å². The van der Waals surface area contributed by atoms with E-state index >= 15 is 0 Å². The molecule has 2 heterocycles. The van der Waals surface area contributed by atoms with Crippen LogP contribution in [-0.4, -0.2) is 78.4 Å². The van der Waals surface area contributed by atoms with Gasteiger partial charge in [-0.05, 0) is 37.0 Å². The van der Waals surface area contributed by atoms with Crippen molar-refractivity contribution in [1.29, 1.82) is 0 Å². The molecule has 7 nitrogen and oxygen atoms in total. The molecule has 0 aliphatic carbocycles. The molecule has 2 aliphatic rings. The highest BCUT2D eigenvalue weighted by molar-refractivity contribution is 5.96. The van der Waals surface area contributed by atoms with Crippen LogP contribution in [0.5, 0.6) is 0 Å². The van der Waals surface area contributed by atoms with Gasteiger partial charge in [0.05, 0.1) is 6.67 Å². The van der Waals surface area contributed by atoms with Crippen molar-refractivity contribution in [1.82, 2.24) is 14.7 Å². The summed E-state index contributed by atoms with van der Waals surface area (Å²) in [5.74, 6) is 0.0185. The Balaban J connectivity index is 1.47. The number of anilines is 1. The van der Waals surface area contributed by atoms with Crippen molar-refractivity contribution in [3.63, 3.8) is 0 Å². The molecule has 33 heavy (non-hydrogen) atoms. The summed E-state index contributed by atoms with van der Waals surface area (Å²) in [4.78, 5) is 46.0. The van der Waals surface area contributed by atoms with E-state index in [2.05, 4.69) is 4.90 Å². The molecule has 0 radical (unpaired) electrons. The Labute approximate surface area is 195 Å². The minimum absolute atomic E-state index is 0.0158. The number of piperidine rings is 1. The van der Waals surface area contributed by atoms with Crippen molar-refractivity contribution in [3.8, 4) is 0 Å². The molecule has 2 saturated heterocycles. The Hall–Kier alpha value is -3.35. The van der Waals surface area contributed by atoms with Crippen LogP contribution in [0.4, 0.5) is 5.69 Å². The number of hydrogen-bond donors (Lipinski definition) is 0. The van der Waals surface area contributed by atoms with Gasteiger partial charge in [-0.2, -0.15) is 0 Å².